The molecule has 2 aromatic heterocycles. The third-order valence-electron chi connectivity index (χ3n) is 6.03. The summed E-state index contributed by atoms with van der Waals surface area (Å²) in [5, 5.41) is 9.87. The Hall–Kier alpha value is -3.21. The number of aromatic carboxylic acids is 1. The molecular formula is C21H20FN3O6S. The number of halogens is 1. The van der Waals surface area contributed by atoms with Crippen LogP contribution in [0.1, 0.15) is 35.3 Å². The minimum atomic E-state index is -1.31. The van der Waals surface area contributed by atoms with Crippen molar-refractivity contribution in [3.05, 3.63) is 50.1 Å². The zero-order chi connectivity index (χ0) is 22.9. The number of rotatable bonds is 3. The molecule has 32 heavy (non-hydrogen) atoms. The number of nitrogens with zero attached hydrogens (tertiary/aromatic N) is 3. The molecule has 2 atom stereocenters. The molecule has 1 fully saturated rings. The monoisotopic (exact) mass is 461 g/mol. The lowest BCUT2D eigenvalue weighted by atomic mass is 10.1. The SMILES string of the molecule is Cc1oc(=O)oc1N1CCN(c2cc3c(cc2F)c(=O)c(C(=O)O)c2n3[C@H](C)S2)[C@@H](C)C1. The molecule has 1 N–H and O–H groups in total. The maximum absolute atomic E-state index is 15.2. The van der Waals surface area contributed by atoms with Crippen LogP contribution < -0.4 is 21.1 Å². The zero-order valence-electron chi connectivity index (χ0n) is 17.5. The number of pyridine rings is 1. The Morgan fingerprint density at radius 2 is 1.97 bits per heavy atom. The Bertz CT molecular complexity index is 1390. The van der Waals surface area contributed by atoms with Crippen molar-refractivity contribution in [3.63, 3.8) is 0 Å². The molecule has 0 unspecified atom stereocenters. The van der Waals surface area contributed by atoms with E-state index in [2.05, 4.69) is 0 Å². The van der Waals surface area contributed by atoms with Crippen LogP contribution in [0.2, 0.25) is 0 Å². The molecule has 0 bridgehead atoms. The summed E-state index contributed by atoms with van der Waals surface area (Å²) in [6.45, 7) is 6.89. The molecule has 0 radical (unpaired) electrons. The first kappa shape index (κ1) is 20.7. The lowest BCUT2D eigenvalue weighted by Gasteiger charge is -2.41. The van der Waals surface area contributed by atoms with Crippen molar-refractivity contribution in [2.45, 2.75) is 37.2 Å². The molecule has 5 rings (SSSR count). The van der Waals surface area contributed by atoms with E-state index in [-0.39, 0.29) is 22.4 Å². The van der Waals surface area contributed by atoms with E-state index in [9.17, 15) is 19.5 Å². The van der Waals surface area contributed by atoms with Crippen molar-refractivity contribution >= 4 is 40.2 Å². The number of aryl methyl sites for hydroxylation is 1. The quantitative estimate of drug-likeness (QED) is 0.629. The molecule has 11 heteroatoms. The van der Waals surface area contributed by atoms with Gasteiger partial charge in [-0.05, 0) is 32.9 Å². The molecule has 1 saturated heterocycles. The van der Waals surface area contributed by atoms with Gasteiger partial charge in [0, 0.05) is 31.1 Å². The third-order valence-corrected chi connectivity index (χ3v) is 7.21. The van der Waals surface area contributed by atoms with E-state index in [0.29, 0.717) is 47.5 Å². The summed E-state index contributed by atoms with van der Waals surface area (Å²) in [7, 11) is 0. The predicted molar refractivity (Wildman–Crippen MR) is 117 cm³/mol. The van der Waals surface area contributed by atoms with E-state index in [1.54, 1.807) is 17.6 Å². The van der Waals surface area contributed by atoms with Crippen LogP contribution in [0.15, 0.2) is 35.6 Å². The number of carboxylic acids is 1. The Labute approximate surface area is 185 Å². The average Bonchev–Trinajstić information content (AvgIpc) is 3.05. The van der Waals surface area contributed by atoms with Crippen molar-refractivity contribution in [1.82, 2.24) is 4.57 Å². The van der Waals surface area contributed by atoms with Gasteiger partial charge in [0.2, 0.25) is 11.3 Å². The fourth-order valence-corrected chi connectivity index (χ4v) is 5.73. The molecule has 0 amide bonds. The lowest BCUT2D eigenvalue weighted by Crippen LogP contribution is -2.52. The van der Waals surface area contributed by atoms with Gasteiger partial charge >= 0.3 is 11.8 Å². The maximum Gasteiger partial charge on any atom is 0.520 e. The number of thioether (sulfide) groups is 1. The molecular weight excluding hydrogens is 441 g/mol. The zero-order valence-corrected chi connectivity index (χ0v) is 18.4. The first-order valence-electron chi connectivity index (χ1n) is 10.1. The third kappa shape index (κ3) is 2.94. The number of piperazine rings is 1. The largest absolute Gasteiger partial charge is 0.520 e. The van der Waals surface area contributed by atoms with Crippen molar-refractivity contribution in [1.29, 1.82) is 0 Å². The summed E-state index contributed by atoms with van der Waals surface area (Å²) in [6, 6.07) is 2.64. The Kier molecular flexibility index (Phi) is 4.63. The molecule has 0 spiro atoms. The molecule has 2 aliphatic rings. The van der Waals surface area contributed by atoms with Crippen LogP contribution in [0.3, 0.4) is 0 Å². The summed E-state index contributed by atoms with van der Waals surface area (Å²) in [5.41, 5.74) is -0.126. The van der Waals surface area contributed by atoms with Crippen LogP contribution in [0.25, 0.3) is 10.9 Å². The summed E-state index contributed by atoms with van der Waals surface area (Å²) in [4.78, 5) is 39.6. The van der Waals surface area contributed by atoms with Crippen LogP contribution in [-0.4, -0.2) is 41.3 Å². The molecule has 168 valence electrons. The second-order valence-electron chi connectivity index (χ2n) is 8.03. The summed E-state index contributed by atoms with van der Waals surface area (Å²) in [5.74, 6) is -1.88. The molecule has 2 aliphatic heterocycles. The van der Waals surface area contributed by atoms with E-state index < -0.39 is 23.0 Å². The normalized spacial score (nSPS) is 20.4. The van der Waals surface area contributed by atoms with Gasteiger partial charge in [-0.3, -0.25) is 4.79 Å². The number of anilines is 2. The van der Waals surface area contributed by atoms with Gasteiger partial charge in [0.25, 0.3) is 0 Å². The van der Waals surface area contributed by atoms with Gasteiger partial charge in [-0.25, -0.2) is 14.0 Å². The van der Waals surface area contributed by atoms with E-state index in [4.69, 9.17) is 8.83 Å². The smallest absolute Gasteiger partial charge is 0.477 e. The van der Waals surface area contributed by atoms with Gasteiger partial charge in [0.05, 0.1) is 21.6 Å². The van der Waals surface area contributed by atoms with Crippen LogP contribution in [0, 0.1) is 12.7 Å². The molecule has 3 aromatic rings. The van der Waals surface area contributed by atoms with Gasteiger partial charge in [0.15, 0.2) is 5.76 Å². The van der Waals surface area contributed by atoms with Gasteiger partial charge < -0.3 is 28.3 Å². The maximum atomic E-state index is 15.2. The van der Waals surface area contributed by atoms with Gasteiger partial charge in [-0.15, -0.1) is 0 Å². The number of carboxylic acid groups (broad SMARTS) is 1. The highest BCUT2D eigenvalue weighted by Crippen LogP contribution is 2.46. The highest BCUT2D eigenvalue weighted by atomic mass is 32.2. The summed E-state index contributed by atoms with van der Waals surface area (Å²) >= 11 is 1.31. The summed E-state index contributed by atoms with van der Waals surface area (Å²) < 4.78 is 27.1. The van der Waals surface area contributed by atoms with Gasteiger partial charge in [-0.1, -0.05) is 11.8 Å². The standard InChI is InChI=1S/C21H20FN3O6S/c1-9-8-23(18-10(2)30-21(29)31-18)4-5-24(9)15-7-14-12(6-13(15)22)17(26)16(20(27)28)19-25(14)11(3)32-19/h6-7,9,11H,4-5,8H2,1-3H3,(H,27,28)/t9-,11-/m0/s1. The first-order valence-corrected chi connectivity index (χ1v) is 11.0. The van der Waals surface area contributed by atoms with Crippen molar-refractivity contribution in [2.24, 2.45) is 0 Å². The Morgan fingerprint density at radius 1 is 1.22 bits per heavy atom. The van der Waals surface area contributed by atoms with Crippen LogP contribution in [0.5, 0.6) is 0 Å². The average molecular weight is 461 g/mol. The van der Waals surface area contributed by atoms with E-state index in [0.717, 1.165) is 6.07 Å². The lowest BCUT2D eigenvalue weighted by molar-refractivity contribution is 0.0689. The van der Waals surface area contributed by atoms with E-state index in [1.807, 2.05) is 23.6 Å². The second-order valence-corrected chi connectivity index (χ2v) is 9.33. The topological polar surface area (TPSA) is 109 Å². The van der Waals surface area contributed by atoms with Crippen molar-refractivity contribution in [3.8, 4) is 0 Å². The molecule has 1 aromatic carbocycles. The fourth-order valence-electron chi connectivity index (χ4n) is 4.57. The second kappa shape index (κ2) is 7.16. The first-order chi connectivity index (χ1) is 15.2. The number of aromatic nitrogens is 1. The molecule has 0 aliphatic carbocycles. The number of fused-ring (bicyclic) bond motifs is 3. The highest BCUT2D eigenvalue weighted by molar-refractivity contribution is 8.00. The predicted octanol–water partition coefficient (Wildman–Crippen LogP) is 3.03. The number of hydrogen-bond acceptors (Lipinski definition) is 8. The van der Waals surface area contributed by atoms with Gasteiger partial charge in [-0.2, -0.15) is 0 Å². The van der Waals surface area contributed by atoms with Gasteiger partial charge in [0.1, 0.15) is 11.4 Å². The number of hydrogen-bond donors (Lipinski definition) is 1. The molecule has 9 nitrogen and oxygen atoms in total. The fraction of sp³-hybridized carbons (Fsp3) is 0.381. The number of carbonyl (C=O) groups is 1. The Balaban J connectivity index is 1.56. The van der Waals surface area contributed by atoms with Crippen LogP contribution >= 0.6 is 11.8 Å². The van der Waals surface area contributed by atoms with Crippen molar-refractivity contribution in [2.75, 3.05) is 29.4 Å². The molecule has 4 heterocycles. The summed E-state index contributed by atoms with van der Waals surface area (Å²) in [6.07, 6.45) is 0. The van der Waals surface area contributed by atoms with Crippen molar-refractivity contribution < 1.29 is 23.1 Å². The highest BCUT2D eigenvalue weighted by Gasteiger charge is 2.34. The minimum Gasteiger partial charge on any atom is -0.477 e. The van der Waals surface area contributed by atoms with Crippen LogP contribution in [0.4, 0.5) is 16.0 Å². The van der Waals surface area contributed by atoms with Crippen LogP contribution in [-0.2, 0) is 0 Å². The number of benzene rings is 1. The van der Waals surface area contributed by atoms with E-state index >= 15 is 4.39 Å². The Morgan fingerprint density at radius 3 is 2.56 bits per heavy atom. The molecule has 0 saturated carbocycles. The minimum absolute atomic E-state index is 0.0571. The van der Waals surface area contributed by atoms with E-state index in [1.165, 1.54) is 11.8 Å².